The Morgan fingerprint density at radius 3 is 2.29 bits per heavy atom. The number of hydrogen-bond acceptors (Lipinski definition) is 5. The van der Waals surface area contributed by atoms with E-state index >= 15 is 0 Å². The number of pyridine rings is 1. The number of aryl methyl sites for hydroxylation is 2. The summed E-state index contributed by atoms with van der Waals surface area (Å²) in [5, 5.41) is 13.5. The van der Waals surface area contributed by atoms with Crippen molar-refractivity contribution in [3.63, 3.8) is 0 Å². The number of anilines is 1. The molecule has 1 saturated heterocycles. The second-order valence-electron chi connectivity index (χ2n) is 10.7. The fraction of sp³-hybridized carbons (Fsp3) is 0.481. The topological polar surface area (TPSA) is 118 Å². The van der Waals surface area contributed by atoms with E-state index in [1.54, 1.807) is 24.8 Å². The van der Waals surface area contributed by atoms with Crippen LogP contribution in [0.2, 0.25) is 0 Å². The molecule has 0 aliphatic carbocycles. The van der Waals surface area contributed by atoms with Crippen LogP contribution in [0.3, 0.4) is 0 Å². The van der Waals surface area contributed by atoms with E-state index in [9.17, 15) is 27.6 Å². The molecule has 0 spiro atoms. The lowest BCUT2D eigenvalue weighted by molar-refractivity contribution is -0.140. The highest BCUT2D eigenvalue weighted by Gasteiger charge is 2.34. The molecule has 1 aromatic carbocycles. The van der Waals surface area contributed by atoms with E-state index in [1.165, 1.54) is 0 Å². The van der Waals surface area contributed by atoms with Crippen LogP contribution in [-0.2, 0) is 17.5 Å². The smallest absolute Gasteiger partial charge is 0.382 e. The minimum atomic E-state index is -4.72. The average Bonchev–Trinajstić information content (AvgIpc) is 2.81. The van der Waals surface area contributed by atoms with Gasteiger partial charge in [-0.25, -0.2) is 0 Å². The zero-order chi connectivity index (χ0) is 28.4. The molecular weight excluding hydrogens is 499 g/mol. The van der Waals surface area contributed by atoms with E-state index in [2.05, 4.69) is 15.6 Å². The van der Waals surface area contributed by atoms with Gasteiger partial charge in [-0.3, -0.25) is 14.4 Å². The summed E-state index contributed by atoms with van der Waals surface area (Å²) in [7, 11) is 0. The van der Waals surface area contributed by atoms with Crippen molar-refractivity contribution in [3.8, 4) is 0 Å². The summed E-state index contributed by atoms with van der Waals surface area (Å²) in [6, 6.07) is 3.11. The fourth-order valence-electron chi connectivity index (χ4n) is 4.57. The zero-order valence-corrected chi connectivity index (χ0v) is 22.2. The van der Waals surface area contributed by atoms with Crippen LogP contribution in [0.25, 0.3) is 0 Å². The van der Waals surface area contributed by atoms with Gasteiger partial charge in [0.25, 0.3) is 11.5 Å². The van der Waals surface area contributed by atoms with E-state index < -0.39 is 28.6 Å². The third-order valence-corrected chi connectivity index (χ3v) is 6.60. The van der Waals surface area contributed by atoms with Crippen molar-refractivity contribution in [3.05, 3.63) is 62.1 Å². The Bertz CT molecular complexity index is 1290. The molecular formula is C27H34F3N5O3. The maximum Gasteiger partial charge on any atom is 0.416 e. The van der Waals surface area contributed by atoms with Gasteiger partial charge in [-0.05, 0) is 50.5 Å². The summed E-state index contributed by atoms with van der Waals surface area (Å²) in [4.78, 5) is 42.3. The number of amides is 2. The lowest BCUT2D eigenvalue weighted by atomic mass is 9.92. The number of alkyl halides is 3. The first-order valence-electron chi connectivity index (χ1n) is 12.4. The van der Waals surface area contributed by atoms with Gasteiger partial charge in [-0.1, -0.05) is 20.8 Å². The fourth-order valence-corrected chi connectivity index (χ4v) is 4.57. The Hall–Kier alpha value is -3.63. The first-order chi connectivity index (χ1) is 17.6. The van der Waals surface area contributed by atoms with Gasteiger partial charge >= 0.3 is 6.18 Å². The van der Waals surface area contributed by atoms with E-state index in [0.29, 0.717) is 42.8 Å². The van der Waals surface area contributed by atoms with E-state index in [4.69, 9.17) is 5.41 Å². The first kappa shape index (κ1) is 28.9. The number of H-pyrrole nitrogens is 1. The molecule has 0 atom stereocenters. The molecule has 206 valence electrons. The molecule has 38 heavy (non-hydrogen) atoms. The van der Waals surface area contributed by atoms with Crippen molar-refractivity contribution in [2.45, 2.75) is 66.2 Å². The Balaban J connectivity index is 1.86. The molecule has 1 aromatic heterocycles. The number of rotatable bonds is 6. The summed E-state index contributed by atoms with van der Waals surface area (Å²) < 4.78 is 41.3. The molecule has 2 aromatic rings. The SMILES string of the molecule is Cc1cc(C)c(CNC(=O)c2cc(C(F)(F)F)cc(NC3CCN(C(=O)C(C)(C)C)CC3)c2C=N)c(=O)[nH]1. The van der Waals surface area contributed by atoms with Crippen molar-refractivity contribution in [1.82, 2.24) is 15.2 Å². The van der Waals surface area contributed by atoms with Gasteiger partial charge in [-0.2, -0.15) is 13.2 Å². The number of hydrogen-bond donors (Lipinski definition) is 4. The molecule has 1 aliphatic heterocycles. The quantitative estimate of drug-likeness (QED) is 0.412. The van der Waals surface area contributed by atoms with Crippen LogP contribution in [0.4, 0.5) is 18.9 Å². The monoisotopic (exact) mass is 533 g/mol. The maximum absolute atomic E-state index is 13.8. The number of carbonyl (C=O) groups is 2. The molecule has 2 heterocycles. The van der Waals surface area contributed by atoms with E-state index in [1.807, 2.05) is 20.8 Å². The maximum atomic E-state index is 13.8. The number of benzene rings is 1. The molecule has 11 heteroatoms. The standard InChI is InChI=1S/C27H34F3N5O3/c1-15-10-16(2)33-24(37)21(15)14-32-23(36)19-11-17(27(28,29)30)12-22(20(19)13-31)34-18-6-8-35(9-7-18)25(38)26(3,4)5/h10-13,18,31,34H,6-9,14H2,1-5H3,(H,32,36)(H,33,37). The van der Waals surface area contributed by atoms with Gasteiger partial charge in [-0.15, -0.1) is 0 Å². The largest absolute Gasteiger partial charge is 0.416 e. The number of aromatic amines is 1. The van der Waals surface area contributed by atoms with E-state index in [0.717, 1.165) is 18.3 Å². The van der Waals surface area contributed by atoms with Gasteiger partial charge in [0.05, 0.1) is 11.1 Å². The minimum Gasteiger partial charge on any atom is -0.382 e. The lowest BCUT2D eigenvalue weighted by Gasteiger charge is -2.36. The predicted octanol–water partition coefficient (Wildman–Crippen LogP) is 4.39. The van der Waals surface area contributed by atoms with E-state index in [-0.39, 0.29) is 35.3 Å². The number of carbonyl (C=O) groups excluding carboxylic acids is 2. The molecule has 0 saturated carbocycles. The van der Waals surface area contributed by atoms with Crippen molar-refractivity contribution >= 4 is 23.7 Å². The lowest BCUT2D eigenvalue weighted by Crippen LogP contribution is -2.46. The van der Waals surface area contributed by atoms with Gasteiger partial charge in [0.2, 0.25) is 5.91 Å². The third kappa shape index (κ3) is 6.62. The summed E-state index contributed by atoms with van der Waals surface area (Å²) in [5.41, 5.74) is -0.654. The van der Waals surface area contributed by atoms with Crippen molar-refractivity contribution in [1.29, 1.82) is 5.41 Å². The summed E-state index contributed by atoms with van der Waals surface area (Å²) in [5.74, 6) is -0.820. The van der Waals surface area contributed by atoms with Crippen LogP contribution in [0.5, 0.6) is 0 Å². The highest BCUT2D eigenvalue weighted by Crippen LogP contribution is 2.35. The van der Waals surface area contributed by atoms with Crippen LogP contribution in [0.1, 0.15) is 71.9 Å². The number of piperidine rings is 1. The molecule has 2 amide bonds. The van der Waals surface area contributed by atoms with Gasteiger partial charge in [0.15, 0.2) is 0 Å². The molecule has 0 unspecified atom stereocenters. The molecule has 4 N–H and O–H groups in total. The zero-order valence-electron chi connectivity index (χ0n) is 22.2. The first-order valence-corrected chi connectivity index (χ1v) is 12.4. The van der Waals surface area contributed by atoms with Crippen molar-refractivity contribution in [2.24, 2.45) is 5.41 Å². The highest BCUT2D eigenvalue weighted by molar-refractivity contribution is 6.05. The van der Waals surface area contributed by atoms with Crippen molar-refractivity contribution in [2.75, 3.05) is 18.4 Å². The second-order valence-corrected chi connectivity index (χ2v) is 10.7. The molecule has 1 fully saturated rings. The van der Waals surface area contributed by atoms with Crippen LogP contribution < -0.4 is 16.2 Å². The molecule has 0 bridgehead atoms. The van der Waals surface area contributed by atoms with Gasteiger partial charge in [0.1, 0.15) is 0 Å². The number of nitrogens with zero attached hydrogens (tertiary/aromatic N) is 1. The summed E-state index contributed by atoms with van der Waals surface area (Å²) >= 11 is 0. The molecule has 1 aliphatic rings. The number of likely N-dealkylation sites (tertiary alicyclic amines) is 1. The Kier molecular flexibility index (Phi) is 8.38. The Labute approximate surface area is 219 Å². The average molecular weight is 534 g/mol. The summed E-state index contributed by atoms with van der Waals surface area (Å²) in [6.07, 6.45) is -2.86. The van der Waals surface area contributed by atoms with Crippen LogP contribution in [0.15, 0.2) is 23.0 Å². The van der Waals surface area contributed by atoms with Gasteiger partial charge in [0, 0.05) is 59.8 Å². The van der Waals surface area contributed by atoms with Crippen LogP contribution >= 0.6 is 0 Å². The molecule has 0 radical (unpaired) electrons. The van der Waals surface area contributed by atoms with Crippen LogP contribution in [0, 0.1) is 24.7 Å². The van der Waals surface area contributed by atoms with Gasteiger partial charge < -0.3 is 25.9 Å². The number of aromatic nitrogens is 1. The Morgan fingerprint density at radius 2 is 1.76 bits per heavy atom. The summed E-state index contributed by atoms with van der Waals surface area (Å²) in [6.45, 7) is 9.65. The highest BCUT2D eigenvalue weighted by atomic mass is 19.4. The third-order valence-electron chi connectivity index (χ3n) is 6.60. The number of halogens is 3. The molecule has 8 nitrogen and oxygen atoms in total. The van der Waals surface area contributed by atoms with Crippen LogP contribution in [-0.4, -0.2) is 47.0 Å². The normalized spacial score (nSPS) is 14.8. The molecule has 3 rings (SSSR count). The second kappa shape index (κ2) is 11.0. The Morgan fingerprint density at radius 1 is 1.13 bits per heavy atom. The van der Waals surface area contributed by atoms with Crippen molar-refractivity contribution < 1.29 is 22.8 Å². The minimum absolute atomic E-state index is 0.0109. The predicted molar refractivity (Wildman–Crippen MR) is 140 cm³/mol. The number of nitrogens with one attached hydrogen (secondary N) is 4.